The molecule has 0 fully saturated rings. The minimum atomic E-state index is -4.42. The second-order valence-electron chi connectivity index (χ2n) is 8.84. The maximum Gasteiger partial charge on any atom is 0.294 e. The van der Waals surface area contributed by atoms with Crippen molar-refractivity contribution in [1.29, 1.82) is 5.41 Å². The van der Waals surface area contributed by atoms with Crippen LogP contribution in [0.15, 0.2) is 80.3 Å². The first-order chi connectivity index (χ1) is 18.6. The number of nitrogens with two attached hydrogens (primary N) is 1. The summed E-state index contributed by atoms with van der Waals surface area (Å²) in [5.41, 5.74) is 7.38. The molecule has 1 aliphatic heterocycles. The normalized spacial score (nSPS) is 17.9. The molecule has 5 rings (SSSR count). The van der Waals surface area contributed by atoms with E-state index in [1.807, 2.05) is 0 Å². The van der Waals surface area contributed by atoms with E-state index in [0.29, 0.717) is 11.4 Å². The third-order valence-electron chi connectivity index (χ3n) is 6.34. The van der Waals surface area contributed by atoms with Gasteiger partial charge in [0.05, 0.1) is 54.9 Å². The summed E-state index contributed by atoms with van der Waals surface area (Å²) in [6, 6.07) is 9.95. The summed E-state index contributed by atoms with van der Waals surface area (Å²) in [4.78, 5) is 12.7. The molecular weight excluding hydrogens is 564 g/mol. The number of anilines is 2. The average Bonchev–Trinajstić information content (AvgIpc) is 3.33. The molecule has 1 aromatic heterocycles. The Kier molecular flexibility index (Phi) is 6.03. The first-order valence-electron chi connectivity index (χ1n) is 11.3. The van der Waals surface area contributed by atoms with Crippen LogP contribution in [0.1, 0.15) is 18.2 Å². The molecule has 0 atom stereocenters. The van der Waals surface area contributed by atoms with Crippen LogP contribution in [0.5, 0.6) is 0 Å². The maximum absolute atomic E-state index is 13.3. The summed E-state index contributed by atoms with van der Waals surface area (Å²) in [6.07, 6.45) is 0. The predicted molar refractivity (Wildman–Crippen MR) is 144 cm³/mol. The number of carbonyl (C=O) groups excluding carboxylic acids is 1. The number of Topliss-reactive ketones (excluding diaryl/α,β-unsaturated/α-hetero) is 1. The number of amidine groups is 1. The molecule has 0 radical (unpaired) electrons. The van der Waals surface area contributed by atoms with Gasteiger partial charge < -0.3 is 10.8 Å². The highest BCUT2D eigenvalue weighted by atomic mass is 32.2. The number of aromatic nitrogens is 2. The van der Waals surface area contributed by atoms with Crippen molar-refractivity contribution in [3.63, 3.8) is 0 Å². The topological polar surface area (TPSA) is 229 Å². The van der Waals surface area contributed by atoms with Crippen molar-refractivity contribution in [3.8, 4) is 5.69 Å². The fourth-order valence-electron chi connectivity index (χ4n) is 4.45. The highest BCUT2D eigenvalue weighted by Gasteiger charge is 2.43. The van der Waals surface area contributed by atoms with Crippen LogP contribution in [-0.2, 0) is 25.0 Å². The molecule has 1 aliphatic carbocycles. The van der Waals surface area contributed by atoms with Crippen molar-refractivity contribution >= 4 is 54.6 Å². The van der Waals surface area contributed by atoms with Crippen LogP contribution >= 0.6 is 0 Å². The van der Waals surface area contributed by atoms with Gasteiger partial charge in [-0.25, -0.2) is 9.69 Å². The van der Waals surface area contributed by atoms with Gasteiger partial charge in [0, 0.05) is 0 Å². The molecule has 0 saturated carbocycles. The van der Waals surface area contributed by atoms with E-state index in [1.165, 1.54) is 35.9 Å². The van der Waals surface area contributed by atoms with Gasteiger partial charge in [0.25, 0.3) is 20.2 Å². The van der Waals surface area contributed by atoms with Gasteiger partial charge in [0.1, 0.15) is 11.6 Å². The van der Waals surface area contributed by atoms with Crippen molar-refractivity contribution in [1.82, 2.24) is 9.78 Å². The minimum absolute atomic E-state index is 0.0107. The first-order valence-corrected chi connectivity index (χ1v) is 14.2. The van der Waals surface area contributed by atoms with Crippen LogP contribution in [0.3, 0.4) is 0 Å². The highest BCUT2D eigenvalue weighted by molar-refractivity contribution is 7.86. The highest BCUT2D eigenvalue weighted by Crippen LogP contribution is 2.43. The van der Waals surface area contributed by atoms with Gasteiger partial charge in [-0.2, -0.15) is 27.0 Å². The molecule has 14 nitrogen and oxygen atoms in total. The second-order valence-corrected chi connectivity index (χ2v) is 11.7. The number of benzene rings is 2. The predicted octanol–water partition coefficient (Wildman–Crippen LogP) is 2.28. The number of nitrogens with one attached hydrogen (secondary N) is 1. The van der Waals surface area contributed by atoms with Crippen LogP contribution in [0, 0.1) is 12.3 Å². The van der Waals surface area contributed by atoms with Crippen molar-refractivity contribution in [2.75, 3.05) is 10.7 Å². The van der Waals surface area contributed by atoms with Crippen molar-refractivity contribution in [2.24, 2.45) is 5.10 Å². The lowest BCUT2D eigenvalue weighted by atomic mass is 9.79. The van der Waals surface area contributed by atoms with Crippen LogP contribution < -0.4 is 10.7 Å². The molecule has 0 unspecified atom stereocenters. The first kappa shape index (κ1) is 26.9. The molecule has 0 bridgehead atoms. The zero-order valence-corrected chi connectivity index (χ0v) is 22.3. The smallest absolute Gasteiger partial charge is 0.294 e. The number of hydrogen-bond donors (Lipinski definition) is 5. The molecule has 206 valence electrons. The zero-order chi connectivity index (χ0) is 29.3. The second kappa shape index (κ2) is 8.95. The Balaban J connectivity index is 1.51. The maximum atomic E-state index is 13.3. The molecule has 2 aromatic carbocycles. The molecule has 0 amide bonds. The van der Waals surface area contributed by atoms with Crippen LogP contribution in [0.4, 0.5) is 11.5 Å². The quantitative estimate of drug-likeness (QED) is 0.216. The van der Waals surface area contributed by atoms with E-state index in [0.717, 1.165) is 29.3 Å². The number of carbonyl (C=O) groups is 1. The molecule has 2 heterocycles. The fraction of sp³-hybridized carbons (Fsp3) is 0.0833. The Labute approximate surface area is 227 Å². The third-order valence-corrected chi connectivity index (χ3v) is 8.08. The number of aliphatic hydroxyl groups excluding tert-OH is 1. The number of allylic oxidation sites excluding steroid dienone is 2. The van der Waals surface area contributed by atoms with Gasteiger partial charge in [-0.3, -0.25) is 19.3 Å². The molecule has 16 heteroatoms. The monoisotopic (exact) mass is 584 g/mol. The molecule has 6 N–H and O–H groups in total. The molecule has 40 heavy (non-hydrogen) atoms. The van der Waals surface area contributed by atoms with E-state index >= 15 is 0 Å². The van der Waals surface area contributed by atoms with Crippen LogP contribution in [-0.4, -0.2) is 58.2 Å². The Morgan fingerprint density at radius 1 is 0.825 bits per heavy atom. The van der Waals surface area contributed by atoms with Crippen LogP contribution in [0.2, 0.25) is 0 Å². The van der Waals surface area contributed by atoms with Gasteiger partial charge >= 0.3 is 0 Å². The Morgan fingerprint density at radius 3 is 1.80 bits per heavy atom. The summed E-state index contributed by atoms with van der Waals surface area (Å²) >= 11 is 0. The number of nitrogens with zero attached hydrogens (tertiary/aromatic N) is 4. The van der Waals surface area contributed by atoms with E-state index in [9.17, 15) is 35.8 Å². The van der Waals surface area contributed by atoms with E-state index < -0.39 is 31.8 Å². The zero-order valence-electron chi connectivity index (χ0n) is 20.7. The lowest BCUT2D eigenvalue weighted by molar-refractivity contribution is -0.111. The largest absolute Gasteiger partial charge is 0.506 e. The standard InChI is InChI=1S/C24H20N6O8S2/c1-11-17(23(25)29(27-11)13-3-7-15(8-4-13)39(33,34)35)19-21(31)20(22(19)32)18-12(2)28-30(24(18)26)14-5-9-16(10-6-14)40(36,37)38/h3-10,25,31H,26H2,1-2H3,(H,33,34,35)(H,36,37,38)/b19-17+,25-23?. The van der Waals surface area contributed by atoms with Gasteiger partial charge in [-0.1, -0.05) is 0 Å². The summed E-state index contributed by atoms with van der Waals surface area (Å²) in [5.74, 6) is -1.28. The number of ketones is 1. The van der Waals surface area contributed by atoms with Crippen molar-refractivity contribution in [3.05, 3.63) is 76.7 Å². The molecule has 0 saturated heterocycles. The summed E-state index contributed by atoms with van der Waals surface area (Å²) < 4.78 is 64.9. The SMILES string of the molecule is CC1=NN(c2ccc(S(=O)(=O)O)cc2)C(=N)/C1=C1/C(=O)C(c2c(C)nn(-c3ccc(S(=O)(=O)O)cc3)c2N)=C1O. The molecule has 3 aromatic rings. The van der Waals surface area contributed by atoms with Gasteiger partial charge in [0.2, 0.25) is 5.78 Å². The summed E-state index contributed by atoms with van der Waals surface area (Å²) in [5, 5.41) is 29.3. The Morgan fingerprint density at radius 2 is 1.32 bits per heavy atom. The van der Waals surface area contributed by atoms with Crippen LogP contribution in [0.25, 0.3) is 11.3 Å². The van der Waals surface area contributed by atoms with Gasteiger partial charge in [0.15, 0.2) is 5.84 Å². The van der Waals surface area contributed by atoms with E-state index in [4.69, 9.17) is 11.1 Å². The number of hydrazone groups is 1. The summed E-state index contributed by atoms with van der Waals surface area (Å²) in [7, 11) is -8.82. The van der Waals surface area contributed by atoms with Crippen molar-refractivity contribution in [2.45, 2.75) is 23.6 Å². The molecular formula is C24H20N6O8S2. The Hall–Kier alpha value is -4.64. The Bertz CT molecular complexity index is 1950. The van der Waals surface area contributed by atoms with Gasteiger partial charge in [-0.15, -0.1) is 0 Å². The number of nitrogen functional groups attached to an aromatic ring is 1. The number of aliphatic hydroxyl groups is 1. The van der Waals surface area contributed by atoms with E-state index in [2.05, 4.69) is 10.2 Å². The minimum Gasteiger partial charge on any atom is -0.506 e. The molecule has 2 aliphatic rings. The third kappa shape index (κ3) is 4.19. The number of hydrogen-bond acceptors (Lipinski definition) is 10. The number of aryl methyl sites for hydroxylation is 1. The van der Waals surface area contributed by atoms with E-state index in [-0.39, 0.29) is 55.1 Å². The lowest BCUT2D eigenvalue weighted by Gasteiger charge is -2.24. The number of rotatable bonds is 5. The molecule has 0 spiro atoms. The lowest BCUT2D eigenvalue weighted by Crippen LogP contribution is -2.29. The van der Waals surface area contributed by atoms with Gasteiger partial charge in [-0.05, 0) is 62.4 Å². The fourth-order valence-corrected chi connectivity index (χ4v) is 5.41. The average molecular weight is 585 g/mol. The van der Waals surface area contributed by atoms with E-state index in [1.54, 1.807) is 6.92 Å². The van der Waals surface area contributed by atoms with Crippen molar-refractivity contribution < 1.29 is 35.8 Å². The summed E-state index contributed by atoms with van der Waals surface area (Å²) in [6.45, 7) is 3.10.